The van der Waals surface area contributed by atoms with Gasteiger partial charge in [-0.15, -0.1) is 11.3 Å². The summed E-state index contributed by atoms with van der Waals surface area (Å²) in [5, 5.41) is 5.69. The lowest BCUT2D eigenvalue weighted by Gasteiger charge is -2.13. The van der Waals surface area contributed by atoms with E-state index in [1.165, 1.54) is 33.1 Å². The Kier molecular flexibility index (Phi) is 4.11. The number of fused-ring (bicyclic) bond motifs is 1. The minimum Gasteiger partial charge on any atom is -0.310 e. The number of aryl methyl sites for hydroxylation is 3. The zero-order valence-electron chi connectivity index (χ0n) is 11.9. The van der Waals surface area contributed by atoms with Gasteiger partial charge < -0.3 is 5.32 Å². The lowest BCUT2D eigenvalue weighted by molar-refractivity contribution is 0.534. The number of benzene rings is 1. The van der Waals surface area contributed by atoms with Crippen molar-refractivity contribution in [1.29, 1.82) is 0 Å². The normalized spacial score (nSPS) is 17.4. The first-order valence-electron chi connectivity index (χ1n) is 7.08. The zero-order valence-corrected chi connectivity index (χ0v) is 13.4. The number of thiazole rings is 1. The maximum Gasteiger partial charge on any atom is 0.0900 e. The van der Waals surface area contributed by atoms with Crippen LogP contribution in [-0.4, -0.2) is 11.5 Å². The third kappa shape index (κ3) is 2.90. The average Bonchev–Trinajstić information content (AvgIpc) is 2.93. The highest BCUT2D eigenvalue weighted by Gasteiger charge is 2.21. The summed E-state index contributed by atoms with van der Waals surface area (Å²) in [6, 6.07) is 6.76. The maximum absolute atomic E-state index is 6.05. The molecule has 1 N–H and O–H groups in total. The number of nitrogens with zero attached hydrogens (tertiary/aromatic N) is 1. The molecule has 0 radical (unpaired) electrons. The van der Waals surface area contributed by atoms with Crippen LogP contribution in [0.25, 0.3) is 0 Å². The molecule has 0 aliphatic heterocycles. The first kappa shape index (κ1) is 14.1. The second-order valence-corrected chi connectivity index (χ2v) is 7.10. The minimum atomic E-state index is 0.483. The Labute approximate surface area is 129 Å². The van der Waals surface area contributed by atoms with Gasteiger partial charge in [-0.05, 0) is 56.4 Å². The molecule has 0 saturated heterocycles. The number of hydrogen-bond acceptors (Lipinski definition) is 3. The molecule has 0 spiro atoms. The van der Waals surface area contributed by atoms with Gasteiger partial charge in [0, 0.05) is 22.5 Å². The Morgan fingerprint density at radius 3 is 3.00 bits per heavy atom. The van der Waals surface area contributed by atoms with Crippen molar-refractivity contribution in [2.75, 3.05) is 6.54 Å². The van der Waals surface area contributed by atoms with Gasteiger partial charge in [0.05, 0.1) is 10.7 Å². The third-order valence-corrected chi connectivity index (χ3v) is 5.29. The molecule has 1 aliphatic carbocycles. The summed E-state index contributed by atoms with van der Waals surface area (Å²) in [7, 11) is 0. The molecule has 0 bridgehead atoms. The molecule has 20 heavy (non-hydrogen) atoms. The quantitative estimate of drug-likeness (QED) is 0.914. The lowest BCUT2D eigenvalue weighted by atomic mass is 10.1. The van der Waals surface area contributed by atoms with Crippen molar-refractivity contribution < 1.29 is 0 Å². The lowest BCUT2D eigenvalue weighted by Crippen LogP contribution is -2.21. The number of halogens is 1. The Bertz CT molecular complexity index is 621. The topological polar surface area (TPSA) is 24.9 Å². The molecule has 0 amide bonds. The number of nitrogens with one attached hydrogen (secondary N) is 1. The van der Waals surface area contributed by atoms with Crippen LogP contribution in [0.5, 0.6) is 0 Å². The fourth-order valence-electron chi connectivity index (χ4n) is 2.96. The van der Waals surface area contributed by atoms with E-state index in [0.717, 1.165) is 24.4 Å². The highest BCUT2D eigenvalue weighted by atomic mass is 35.5. The number of rotatable bonds is 4. The summed E-state index contributed by atoms with van der Waals surface area (Å²) in [5.74, 6) is 0. The van der Waals surface area contributed by atoms with Crippen molar-refractivity contribution in [2.24, 2.45) is 0 Å². The van der Waals surface area contributed by atoms with Gasteiger partial charge in [0.1, 0.15) is 0 Å². The van der Waals surface area contributed by atoms with E-state index in [1.54, 1.807) is 0 Å². The summed E-state index contributed by atoms with van der Waals surface area (Å²) < 4.78 is 0. The van der Waals surface area contributed by atoms with Gasteiger partial charge in [-0.3, -0.25) is 0 Å². The molecule has 1 aromatic carbocycles. The Hall–Kier alpha value is -0.900. The van der Waals surface area contributed by atoms with E-state index >= 15 is 0 Å². The van der Waals surface area contributed by atoms with Crippen molar-refractivity contribution >= 4 is 22.9 Å². The fourth-order valence-corrected chi connectivity index (χ4v) is 4.09. The molecule has 1 atom stereocenters. The Morgan fingerprint density at radius 2 is 2.25 bits per heavy atom. The molecule has 0 fully saturated rings. The van der Waals surface area contributed by atoms with Crippen molar-refractivity contribution in [3.8, 4) is 0 Å². The van der Waals surface area contributed by atoms with Crippen molar-refractivity contribution in [3.05, 3.63) is 49.9 Å². The molecule has 2 nitrogen and oxygen atoms in total. The first-order valence-corrected chi connectivity index (χ1v) is 8.27. The van der Waals surface area contributed by atoms with Gasteiger partial charge in [0.15, 0.2) is 0 Å². The van der Waals surface area contributed by atoms with Gasteiger partial charge in [-0.1, -0.05) is 17.7 Å². The molecule has 1 unspecified atom stereocenters. The average molecular weight is 307 g/mol. The van der Waals surface area contributed by atoms with E-state index in [2.05, 4.69) is 36.3 Å². The van der Waals surface area contributed by atoms with Gasteiger partial charge in [-0.2, -0.15) is 0 Å². The van der Waals surface area contributed by atoms with Crippen molar-refractivity contribution in [2.45, 2.75) is 39.2 Å². The molecule has 1 aliphatic rings. The van der Waals surface area contributed by atoms with Gasteiger partial charge in [0.2, 0.25) is 0 Å². The molecule has 1 heterocycles. The standard InChI is InChI=1S/C16H19ClN2S/c1-10-16(20-11(2)19-10)7-8-18-15-6-3-12-9-13(17)4-5-14(12)15/h4-5,9,15,18H,3,6-8H2,1-2H3. The van der Waals surface area contributed by atoms with Crippen molar-refractivity contribution in [3.63, 3.8) is 0 Å². The summed E-state index contributed by atoms with van der Waals surface area (Å²) in [6.45, 7) is 5.19. The summed E-state index contributed by atoms with van der Waals surface area (Å²) in [6.07, 6.45) is 3.37. The van der Waals surface area contributed by atoms with Crippen LogP contribution in [0.3, 0.4) is 0 Å². The molecular formula is C16H19ClN2S. The highest BCUT2D eigenvalue weighted by Crippen LogP contribution is 2.32. The van der Waals surface area contributed by atoms with Gasteiger partial charge in [0.25, 0.3) is 0 Å². The van der Waals surface area contributed by atoms with Crippen LogP contribution in [0.1, 0.15) is 39.2 Å². The second kappa shape index (κ2) is 5.84. The third-order valence-electron chi connectivity index (χ3n) is 3.93. The van der Waals surface area contributed by atoms with Crippen LogP contribution in [0, 0.1) is 13.8 Å². The first-order chi connectivity index (χ1) is 9.63. The van der Waals surface area contributed by atoms with Crippen LogP contribution in [0.4, 0.5) is 0 Å². The SMILES string of the molecule is Cc1nc(C)c(CCNC2CCc3cc(Cl)ccc32)s1. The smallest absolute Gasteiger partial charge is 0.0900 e. The molecule has 2 aromatic rings. The van der Waals surface area contributed by atoms with E-state index < -0.39 is 0 Å². The van der Waals surface area contributed by atoms with Gasteiger partial charge in [-0.25, -0.2) is 4.98 Å². The van der Waals surface area contributed by atoms with E-state index in [1.807, 2.05) is 17.4 Å². The van der Waals surface area contributed by atoms with Crippen molar-refractivity contribution in [1.82, 2.24) is 10.3 Å². The van der Waals surface area contributed by atoms with Crippen LogP contribution < -0.4 is 5.32 Å². The molecular weight excluding hydrogens is 288 g/mol. The number of hydrogen-bond donors (Lipinski definition) is 1. The molecule has 4 heteroatoms. The van der Waals surface area contributed by atoms with E-state index in [0.29, 0.717) is 6.04 Å². The monoisotopic (exact) mass is 306 g/mol. The van der Waals surface area contributed by atoms with E-state index in [-0.39, 0.29) is 0 Å². The summed E-state index contributed by atoms with van der Waals surface area (Å²) in [5.41, 5.74) is 4.01. The van der Waals surface area contributed by atoms with Gasteiger partial charge >= 0.3 is 0 Å². The van der Waals surface area contributed by atoms with Crippen LogP contribution >= 0.6 is 22.9 Å². The van der Waals surface area contributed by atoms with E-state index in [4.69, 9.17) is 11.6 Å². The number of aromatic nitrogens is 1. The van der Waals surface area contributed by atoms with Crippen LogP contribution in [-0.2, 0) is 12.8 Å². The molecule has 0 saturated carbocycles. The molecule has 3 rings (SSSR count). The highest BCUT2D eigenvalue weighted by molar-refractivity contribution is 7.11. The maximum atomic E-state index is 6.05. The van der Waals surface area contributed by atoms with Crippen LogP contribution in [0.15, 0.2) is 18.2 Å². The Morgan fingerprint density at radius 1 is 1.40 bits per heavy atom. The molecule has 1 aromatic heterocycles. The second-order valence-electron chi connectivity index (χ2n) is 5.38. The summed E-state index contributed by atoms with van der Waals surface area (Å²) in [4.78, 5) is 5.89. The molecule has 106 valence electrons. The van der Waals surface area contributed by atoms with Crippen LogP contribution in [0.2, 0.25) is 5.02 Å². The minimum absolute atomic E-state index is 0.483. The largest absolute Gasteiger partial charge is 0.310 e. The predicted molar refractivity (Wildman–Crippen MR) is 85.8 cm³/mol. The summed E-state index contributed by atoms with van der Waals surface area (Å²) >= 11 is 7.87. The zero-order chi connectivity index (χ0) is 14.1. The Balaban J connectivity index is 1.60. The van der Waals surface area contributed by atoms with E-state index in [9.17, 15) is 0 Å². The predicted octanol–water partition coefficient (Wildman–Crippen LogP) is 4.23. The fraction of sp³-hybridized carbons (Fsp3) is 0.438.